The van der Waals surface area contributed by atoms with Crippen molar-refractivity contribution in [2.24, 2.45) is 0 Å². The highest BCUT2D eigenvalue weighted by Crippen LogP contribution is 2.33. The Morgan fingerprint density at radius 3 is 2.58 bits per heavy atom. The van der Waals surface area contributed by atoms with Crippen LogP contribution >= 0.6 is 11.3 Å². The molecule has 1 unspecified atom stereocenters. The van der Waals surface area contributed by atoms with Gasteiger partial charge in [0.15, 0.2) is 5.13 Å². The molecule has 1 atom stereocenters. The van der Waals surface area contributed by atoms with Gasteiger partial charge >= 0.3 is 0 Å². The number of sulfonamides is 1. The number of hydrogen-bond acceptors (Lipinski definition) is 6. The molecule has 2 heterocycles. The number of benzene rings is 2. The third-order valence-corrected chi connectivity index (χ3v) is 8.71. The van der Waals surface area contributed by atoms with E-state index in [1.165, 1.54) is 26.6 Å². The van der Waals surface area contributed by atoms with Crippen molar-refractivity contribution in [3.8, 4) is 0 Å². The quantitative estimate of drug-likeness (QED) is 0.507. The number of aromatic nitrogens is 1. The maximum atomic E-state index is 14.3. The Morgan fingerprint density at radius 1 is 1.18 bits per heavy atom. The van der Waals surface area contributed by atoms with Crippen LogP contribution in [0.4, 0.5) is 9.52 Å². The van der Waals surface area contributed by atoms with Crippen molar-refractivity contribution in [1.29, 1.82) is 0 Å². The Hall–Kier alpha value is -2.40. The Morgan fingerprint density at radius 2 is 1.91 bits per heavy atom. The summed E-state index contributed by atoms with van der Waals surface area (Å²) in [6.45, 7) is 3.05. The fourth-order valence-electron chi connectivity index (χ4n) is 3.92. The van der Waals surface area contributed by atoms with Crippen LogP contribution in [0.5, 0.6) is 0 Å². The van der Waals surface area contributed by atoms with E-state index in [2.05, 4.69) is 4.98 Å². The summed E-state index contributed by atoms with van der Waals surface area (Å²) in [4.78, 5) is 21.8. The Labute approximate surface area is 197 Å². The lowest BCUT2D eigenvalue weighted by molar-refractivity contribution is -0.121. The number of para-hydroxylation sites is 1. The molecule has 0 aliphatic carbocycles. The number of likely N-dealkylation sites (N-methyl/N-ethyl adjacent to an activating group) is 1. The van der Waals surface area contributed by atoms with E-state index in [1.807, 2.05) is 25.9 Å². The van der Waals surface area contributed by atoms with E-state index in [0.29, 0.717) is 35.8 Å². The van der Waals surface area contributed by atoms with Crippen LogP contribution in [0.15, 0.2) is 47.4 Å². The molecule has 0 spiro atoms. The molecule has 1 saturated heterocycles. The number of hydrogen-bond donors (Lipinski definition) is 0. The van der Waals surface area contributed by atoms with Crippen LogP contribution in [0.25, 0.3) is 10.2 Å². The molecule has 0 bridgehead atoms. The second kappa shape index (κ2) is 9.46. The van der Waals surface area contributed by atoms with Crippen molar-refractivity contribution >= 4 is 42.6 Å². The monoisotopic (exact) mass is 490 g/mol. The van der Waals surface area contributed by atoms with Crippen LogP contribution in [0.1, 0.15) is 18.4 Å². The van der Waals surface area contributed by atoms with Crippen LogP contribution < -0.4 is 4.90 Å². The molecule has 33 heavy (non-hydrogen) atoms. The Balaban J connectivity index is 1.68. The summed E-state index contributed by atoms with van der Waals surface area (Å²) in [5, 5.41) is 0.376. The molecule has 0 N–H and O–H groups in total. The van der Waals surface area contributed by atoms with E-state index in [0.717, 1.165) is 5.56 Å². The van der Waals surface area contributed by atoms with Gasteiger partial charge in [0.1, 0.15) is 17.4 Å². The number of thiazole rings is 1. The first-order valence-electron chi connectivity index (χ1n) is 10.8. The molecule has 0 radical (unpaired) electrons. The molecular weight excluding hydrogens is 463 g/mol. The van der Waals surface area contributed by atoms with Crippen molar-refractivity contribution in [3.63, 3.8) is 0 Å². The SMILES string of the molecule is Cc1ccc(S(=O)(=O)N2CCCC2C(=O)N(CCN(C)C)c2nc3c(F)cccc3s2)cc1. The average molecular weight is 491 g/mol. The van der Waals surface area contributed by atoms with Gasteiger partial charge in [0, 0.05) is 19.6 Å². The minimum absolute atomic E-state index is 0.176. The summed E-state index contributed by atoms with van der Waals surface area (Å²) in [7, 11) is -0.0431. The first-order valence-corrected chi connectivity index (χ1v) is 13.0. The van der Waals surface area contributed by atoms with Gasteiger partial charge in [-0.25, -0.2) is 17.8 Å². The molecule has 1 aliphatic rings. The van der Waals surface area contributed by atoms with E-state index >= 15 is 0 Å². The number of fused-ring (bicyclic) bond motifs is 1. The lowest BCUT2D eigenvalue weighted by Crippen LogP contribution is -2.49. The van der Waals surface area contributed by atoms with Gasteiger partial charge in [-0.2, -0.15) is 4.31 Å². The lowest BCUT2D eigenvalue weighted by atomic mass is 10.2. The van der Waals surface area contributed by atoms with E-state index < -0.39 is 21.9 Å². The summed E-state index contributed by atoms with van der Waals surface area (Å²) >= 11 is 1.23. The number of nitrogens with zero attached hydrogens (tertiary/aromatic N) is 4. The molecular formula is C23H27FN4O3S2. The van der Waals surface area contributed by atoms with E-state index in [9.17, 15) is 17.6 Å². The van der Waals surface area contributed by atoms with Crippen LogP contribution in [-0.2, 0) is 14.8 Å². The summed E-state index contributed by atoms with van der Waals surface area (Å²) < 4.78 is 42.9. The number of aryl methyl sites for hydroxylation is 1. The predicted octanol–water partition coefficient (Wildman–Crippen LogP) is 3.49. The number of carbonyl (C=O) groups excluding carboxylic acids is 1. The molecule has 1 fully saturated rings. The van der Waals surface area contributed by atoms with Crippen molar-refractivity contribution < 1.29 is 17.6 Å². The Kier molecular flexibility index (Phi) is 6.81. The number of carbonyl (C=O) groups is 1. The van der Waals surface area contributed by atoms with Gasteiger partial charge in [-0.15, -0.1) is 0 Å². The van der Waals surface area contributed by atoms with Crippen LogP contribution in [0.2, 0.25) is 0 Å². The maximum Gasteiger partial charge on any atom is 0.247 e. The summed E-state index contributed by atoms with van der Waals surface area (Å²) in [5.41, 5.74) is 1.18. The smallest absolute Gasteiger partial charge is 0.247 e. The van der Waals surface area contributed by atoms with Crippen molar-refractivity contribution in [2.45, 2.75) is 30.7 Å². The van der Waals surface area contributed by atoms with Crippen molar-refractivity contribution in [2.75, 3.05) is 38.6 Å². The molecule has 1 aliphatic heterocycles. The van der Waals surface area contributed by atoms with Gasteiger partial charge in [-0.1, -0.05) is 35.1 Å². The highest BCUT2D eigenvalue weighted by Gasteiger charge is 2.42. The molecule has 10 heteroatoms. The third-order valence-electron chi connectivity index (χ3n) is 5.74. The fourth-order valence-corrected chi connectivity index (χ4v) is 6.58. The molecule has 3 aromatic rings. The van der Waals surface area contributed by atoms with Crippen LogP contribution in [0.3, 0.4) is 0 Å². The second-order valence-corrected chi connectivity index (χ2v) is 11.4. The van der Waals surface area contributed by atoms with Gasteiger partial charge in [-0.05, 0) is 58.1 Å². The van der Waals surface area contributed by atoms with Gasteiger partial charge < -0.3 is 4.90 Å². The first kappa shape index (κ1) is 23.7. The molecule has 176 valence electrons. The summed E-state index contributed by atoms with van der Waals surface area (Å²) in [5.74, 6) is -0.774. The van der Waals surface area contributed by atoms with Crippen LogP contribution in [-0.4, -0.2) is 68.3 Å². The number of anilines is 1. The van der Waals surface area contributed by atoms with Gasteiger partial charge in [0.25, 0.3) is 0 Å². The predicted molar refractivity (Wildman–Crippen MR) is 129 cm³/mol. The molecule has 7 nitrogen and oxygen atoms in total. The molecule has 0 saturated carbocycles. The highest BCUT2D eigenvalue weighted by atomic mass is 32.2. The fraction of sp³-hybridized carbons (Fsp3) is 0.391. The lowest BCUT2D eigenvalue weighted by Gasteiger charge is -2.29. The molecule has 2 aromatic carbocycles. The average Bonchev–Trinajstić information content (AvgIpc) is 3.42. The normalized spacial score (nSPS) is 17.2. The number of rotatable bonds is 7. The van der Waals surface area contributed by atoms with E-state index in [-0.39, 0.29) is 22.9 Å². The molecule has 4 rings (SSSR count). The zero-order chi connectivity index (χ0) is 23.8. The zero-order valence-corrected chi connectivity index (χ0v) is 20.5. The van der Waals surface area contributed by atoms with Gasteiger partial charge in [0.2, 0.25) is 15.9 Å². The van der Waals surface area contributed by atoms with Crippen LogP contribution in [0, 0.1) is 12.7 Å². The number of halogens is 1. The minimum Gasteiger partial charge on any atom is -0.308 e. The van der Waals surface area contributed by atoms with Crippen molar-refractivity contribution in [1.82, 2.24) is 14.2 Å². The minimum atomic E-state index is -3.83. The van der Waals surface area contributed by atoms with Crippen molar-refractivity contribution in [3.05, 3.63) is 53.8 Å². The summed E-state index contributed by atoms with van der Waals surface area (Å²) in [6, 6.07) is 10.5. The maximum absolute atomic E-state index is 14.3. The van der Waals surface area contributed by atoms with Gasteiger partial charge in [0.05, 0.1) is 9.60 Å². The standard InChI is InChI=1S/C23H27FN4O3S2/c1-16-9-11-17(12-10-16)33(30,31)28-13-5-7-19(28)22(29)27(15-14-26(2)3)23-25-21-18(24)6-4-8-20(21)32-23/h4,6,8-12,19H,5,7,13-15H2,1-3H3. The zero-order valence-electron chi connectivity index (χ0n) is 18.9. The highest BCUT2D eigenvalue weighted by molar-refractivity contribution is 7.89. The number of amides is 1. The topological polar surface area (TPSA) is 73.8 Å². The second-order valence-electron chi connectivity index (χ2n) is 8.46. The van der Waals surface area contributed by atoms with E-state index in [4.69, 9.17) is 0 Å². The third kappa shape index (κ3) is 4.79. The van der Waals surface area contributed by atoms with Gasteiger partial charge in [-0.3, -0.25) is 9.69 Å². The largest absolute Gasteiger partial charge is 0.308 e. The first-order chi connectivity index (χ1) is 15.7. The Bertz CT molecular complexity index is 1260. The van der Waals surface area contributed by atoms with E-state index in [1.54, 1.807) is 36.4 Å². The summed E-state index contributed by atoms with van der Waals surface area (Å²) in [6.07, 6.45) is 1.03. The molecule has 1 aromatic heterocycles. The molecule has 1 amide bonds.